The zero-order valence-corrected chi connectivity index (χ0v) is 16.6. The van der Waals surface area contributed by atoms with Crippen molar-refractivity contribution in [1.29, 1.82) is 0 Å². The number of carbonyl (C=O) groups excluding carboxylic acids is 2. The summed E-state index contributed by atoms with van der Waals surface area (Å²) >= 11 is 0. The predicted molar refractivity (Wildman–Crippen MR) is 108 cm³/mol. The van der Waals surface area contributed by atoms with E-state index in [2.05, 4.69) is 15.8 Å². The Morgan fingerprint density at radius 3 is 2.10 bits per heavy atom. The summed E-state index contributed by atoms with van der Waals surface area (Å²) in [6.45, 7) is 0. The van der Waals surface area contributed by atoms with Gasteiger partial charge >= 0.3 is 0 Å². The molecule has 0 aliphatic rings. The quantitative estimate of drug-likeness (QED) is 0.379. The molecular formula is C20H23N3O6. The van der Waals surface area contributed by atoms with Gasteiger partial charge in [0.05, 0.1) is 40.3 Å². The SMILES string of the molecule is COc1ccccc1NC(=O)CC(=O)NN=Cc1cc(OC)c(OC)c(OC)c1. The normalized spacial score (nSPS) is 10.3. The number of rotatable bonds is 9. The Morgan fingerprint density at radius 2 is 1.52 bits per heavy atom. The van der Waals surface area contributed by atoms with Crippen molar-refractivity contribution in [3.05, 3.63) is 42.0 Å². The molecule has 9 heteroatoms. The fourth-order valence-corrected chi connectivity index (χ4v) is 2.48. The van der Waals surface area contributed by atoms with Gasteiger partial charge in [-0.3, -0.25) is 9.59 Å². The van der Waals surface area contributed by atoms with Crippen LogP contribution in [0.3, 0.4) is 0 Å². The van der Waals surface area contributed by atoms with Crippen LogP contribution in [-0.4, -0.2) is 46.5 Å². The summed E-state index contributed by atoms with van der Waals surface area (Å²) in [4.78, 5) is 24.0. The molecule has 2 amide bonds. The maximum absolute atomic E-state index is 12.0. The first kappa shape index (κ1) is 21.5. The Hall–Kier alpha value is -3.75. The van der Waals surface area contributed by atoms with E-state index < -0.39 is 18.2 Å². The number of amides is 2. The molecule has 0 atom stereocenters. The van der Waals surface area contributed by atoms with Crippen LogP contribution in [0, 0.1) is 0 Å². The van der Waals surface area contributed by atoms with Crippen molar-refractivity contribution in [2.24, 2.45) is 5.10 Å². The van der Waals surface area contributed by atoms with E-state index in [1.807, 2.05) is 0 Å². The highest BCUT2D eigenvalue weighted by atomic mass is 16.5. The van der Waals surface area contributed by atoms with Crippen LogP contribution in [0.1, 0.15) is 12.0 Å². The average Bonchev–Trinajstić information content (AvgIpc) is 2.73. The minimum absolute atomic E-state index is 0.398. The molecule has 2 N–H and O–H groups in total. The smallest absolute Gasteiger partial charge is 0.249 e. The van der Waals surface area contributed by atoms with Gasteiger partial charge in [0.2, 0.25) is 17.6 Å². The van der Waals surface area contributed by atoms with Crippen LogP contribution in [0.5, 0.6) is 23.0 Å². The summed E-state index contributed by atoms with van der Waals surface area (Å²) < 4.78 is 20.9. The lowest BCUT2D eigenvalue weighted by Crippen LogP contribution is -2.24. The fraction of sp³-hybridized carbons (Fsp3) is 0.250. The molecular weight excluding hydrogens is 378 g/mol. The number of hydrogen-bond donors (Lipinski definition) is 2. The molecule has 0 saturated heterocycles. The molecule has 0 fully saturated rings. The number of nitrogens with one attached hydrogen (secondary N) is 2. The molecule has 2 aromatic carbocycles. The number of ether oxygens (including phenoxy) is 4. The van der Waals surface area contributed by atoms with Gasteiger partial charge < -0.3 is 24.3 Å². The van der Waals surface area contributed by atoms with Crippen LogP contribution in [0.15, 0.2) is 41.5 Å². The van der Waals surface area contributed by atoms with Crippen molar-refractivity contribution in [2.75, 3.05) is 33.8 Å². The lowest BCUT2D eigenvalue weighted by atomic mass is 10.2. The van der Waals surface area contributed by atoms with Gasteiger partial charge in [-0.1, -0.05) is 12.1 Å². The maximum Gasteiger partial charge on any atom is 0.249 e. The Balaban J connectivity index is 1.96. The molecule has 0 radical (unpaired) electrons. The summed E-state index contributed by atoms with van der Waals surface area (Å²) in [5.74, 6) is 0.800. The molecule has 0 saturated carbocycles. The molecule has 0 unspecified atom stereocenters. The van der Waals surface area contributed by atoms with Gasteiger partial charge in [-0.2, -0.15) is 5.10 Å². The van der Waals surface area contributed by atoms with Gasteiger partial charge in [0.15, 0.2) is 11.5 Å². The van der Waals surface area contributed by atoms with Gasteiger partial charge in [0, 0.05) is 5.56 Å². The number of anilines is 1. The Labute approximate surface area is 168 Å². The minimum Gasteiger partial charge on any atom is -0.495 e. The van der Waals surface area contributed by atoms with Crippen molar-refractivity contribution in [2.45, 2.75) is 6.42 Å². The second-order valence-corrected chi connectivity index (χ2v) is 5.68. The first-order valence-corrected chi connectivity index (χ1v) is 8.57. The number of methoxy groups -OCH3 is 4. The molecule has 9 nitrogen and oxygen atoms in total. The highest BCUT2D eigenvalue weighted by Gasteiger charge is 2.13. The third kappa shape index (κ3) is 5.86. The van der Waals surface area contributed by atoms with Crippen molar-refractivity contribution < 1.29 is 28.5 Å². The molecule has 0 aliphatic carbocycles. The zero-order chi connectivity index (χ0) is 21.2. The topological polar surface area (TPSA) is 107 Å². The Kier molecular flexibility index (Phi) is 7.84. The van der Waals surface area contributed by atoms with Gasteiger partial charge in [-0.25, -0.2) is 5.43 Å². The second kappa shape index (κ2) is 10.5. The molecule has 0 bridgehead atoms. The average molecular weight is 401 g/mol. The number of hydrogen-bond acceptors (Lipinski definition) is 7. The van der Waals surface area contributed by atoms with Gasteiger partial charge in [0.25, 0.3) is 0 Å². The molecule has 2 aromatic rings. The number of hydrazone groups is 1. The summed E-state index contributed by atoms with van der Waals surface area (Å²) in [5.41, 5.74) is 3.40. The van der Waals surface area contributed by atoms with Crippen LogP contribution >= 0.6 is 0 Å². The third-order valence-electron chi connectivity index (χ3n) is 3.79. The van der Waals surface area contributed by atoms with E-state index >= 15 is 0 Å². The summed E-state index contributed by atoms with van der Waals surface area (Å²) in [6.07, 6.45) is 1.01. The molecule has 0 aromatic heterocycles. The number of nitrogens with zero attached hydrogens (tertiary/aromatic N) is 1. The lowest BCUT2D eigenvalue weighted by molar-refractivity contribution is -0.126. The second-order valence-electron chi connectivity index (χ2n) is 5.68. The van der Waals surface area contributed by atoms with Crippen LogP contribution in [0.25, 0.3) is 0 Å². The van der Waals surface area contributed by atoms with Crippen LogP contribution < -0.4 is 29.7 Å². The van der Waals surface area contributed by atoms with E-state index in [0.29, 0.717) is 34.2 Å². The first-order chi connectivity index (χ1) is 14.0. The third-order valence-corrected chi connectivity index (χ3v) is 3.79. The number of carbonyl (C=O) groups is 2. The predicted octanol–water partition coefficient (Wildman–Crippen LogP) is 2.20. The van der Waals surface area contributed by atoms with E-state index in [9.17, 15) is 9.59 Å². The van der Waals surface area contributed by atoms with Gasteiger partial charge in [-0.15, -0.1) is 0 Å². The number of benzene rings is 2. The van der Waals surface area contributed by atoms with Crippen molar-refractivity contribution in [3.8, 4) is 23.0 Å². The largest absolute Gasteiger partial charge is 0.495 e. The van der Waals surface area contributed by atoms with Crippen molar-refractivity contribution in [1.82, 2.24) is 5.43 Å². The standard InChI is InChI=1S/C20H23N3O6/c1-26-15-8-6-5-7-14(15)22-18(24)11-19(25)23-21-12-13-9-16(27-2)20(29-4)17(10-13)28-3/h5-10,12H,11H2,1-4H3,(H,22,24)(H,23,25). The highest BCUT2D eigenvalue weighted by Crippen LogP contribution is 2.37. The minimum atomic E-state index is -0.568. The van der Waals surface area contributed by atoms with E-state index in [1.54, 1.807) is 36.4 Å². The van der Waals surface area contributed by atoms with Gasteiger partial charge in [-0.05, 0) is 24.3 Å². The van der Waals surface area contributed by atoms with Gasteiger partial charge in [0.1, 0.15) is 12.2 Å². The van der Waals surface area contributed by atoms with Crippen molar-refractivity contribution in [3.63, 3.8) is 0 Å². The van der Waals surface area contributed by atoms with Crippen LogP contribution in [0.4, 0.5) is 5.69 Å². The monoisotopic (exact) mass is 401 g/mol. The summed E-state index contributed by atoms with van der Waals surface area (Å²) in [5, 5.41) is 6.48. The van der Waals surface area contributed by atoms with Crippen LogP contribution in [-0.2, 0) is 9.59 Å². The Morgan fingerprint density at radius 1 is 0.897 bits per heavy atom. The van der Waals surface area contributed by atoms with E-state index in [1.165, 1.54) is 34.7 Å². The Bertz CT molecular complexity index is 873. The molecule has 0 aliphatic heterocycles. The first-order valence-electron chi connectivity index (χ1n) is 8.57. The van der Waals surface area contributed by atoms with E-state index in [4.69, 9.17) is 18.9 Å². The number of para-hydroxylation sites is 2. The van der Waals surface area contributed by atoms with Crippen LogP contribution in [0.2, 0.25) is 0 Å². The molecule has 0 heterocycles. The maximum atomic E-state index is 12.0. The molecule has 154 valence electrons. The molecule has 2 rings (SSSR count). The molecule has 29 heavy (non-hydrogen) atoms. The fourth-order valence-electron chi connectivity index (χ4n) is 2.48. The van der Waals surface area contributed by atoms with E-state index in [0.717, 1.165) is 0 Å². The lowest BCUT2D eigenvalue weighted by Gasteiger charge is -2.12. The van der Waals surface area contributed by atoms with Crippen molar-refractivity contribution >= 4 is 23.7 Å². The van der Waals surface area contributed by atoms with E-state index in [-0.39, 0.29) is 0 Å². The zero-order valence-electron chi connectivity index (χ0n) is 16.6. The molecule has 0 spiro atoms. The summed E-state index contributed by atoms with van der Waals surface area (Å²) in [6, 6.07) is 10.3. The highest BCUT2D eigenvalue weighted by molar-refractivity contribution is 6.04. The summed E-state index contributed by atoms with van der Waals surface area (Å²) in [7, 11) is 6.00.